The minimum atomic E-state index is 0.0765. The van der Waals surface area contributed by atoms with Crippen LogP contribution < -0.4 is 5.32 Å². The largest absolute Gasteiger partial charge is 0.335 e. The summed E-state index contributed by atoms with van der Waals surface area (Å²) in [6.45, 7) is 15.0. The quantitative estimate of drug-likeness (QED) is 0.766. The van der Waals surface area contributed by atoms with E-state index >= 15 is 0 Å². The average molecular weight is 280 g/mol. The Labute approximate surface area is 124 Å². The summed E-state index contributed by atoms with van der Waals surface area (Å²) < 4.78 is 0. The second-order valence-corrected chi connectivity index (χ2v) is 7.38. The van der Waals surface area contributed by atoms with Crippen LogP contribution in [0.25, 0.3) is 0 Å². The van der Waals surface area contributed by atoms with Crippen LogP contribution in [0, 0.1) is 5.41 Å². The van der Waals surface area contributed by atoms with E-state index in [4.69, 9.17) is 0 Å². The van der Waals surface area contributed by atoms with E-state index in [2.05, 4.69) is 59.9 Å². The fourth-order valence-electron chi connectivity index (χ4n) is 3.00. The van der Waals surface area contributed by atoms with Crippen LogP contribution >= 0.6 is 0 Å². The predicted molar refractivity (Wildman–Crippen MR) is 85.8 cm³/mol. The van der Waals surface area contributed by atoms with Gasteiger partial charge in [-0.15, -0.1) is 0 Å². The second-order valence-electron chi connectivity index (χ2n) is 7.38. The summed E-state index contributed by atoms with van der Waals surface area (Å²) in [4.78, 5) is 14.5. The molecule has 20 heavy (non-hydrogen) atoms. The van der Waals surface area contributed by atoms with E-state index in [-0.39, 0.29) is 29.6 Å². The number of allylic oxidation sites excluding steroid dienone is 2. The Morgan fingerprint density at radius 2 is 1.85 bits per heavy atom. The zero-order valence-corrected chi connectivity index (χ0v) is 14.3. The third kappa shape index (κ3) is 4.26. The van der Waals surface area contributed by atoms with E-state index < -0.39 is 0 Å². The molecule has 0 aromatic rings. The van der Waals surface area contributed by atoms with E-state index in [1.807, 2.05) is 4.90 Å². The van der Waals surface area contributed by atoms with Crippen molar-refractivity contribution in [2.75, 3.05) is 0 Å². The molecule has 0 aromatic heterocycles. The Bertz CT molecular complexity index is 361. The number of urea groups is 1. The monoisotopic (exact) mass is 280 g/mol. The molecule has 1 aliphatic rings. The summed E-state index contributed by atoms with van der Waals surface area (Å²) in [6, 6.07) is 0.767. The normalized spacial score (nSPS) is 22.4. The summed E-state index contributed by atoms with van der Waals surface area (Å²) >= 11 is 0. The maximum absolute atomic E-state index is 12.6. The van der Waals surface area contributed by atoms with Crippen LogP contribution in [0.4, 0.5) is 4.79 Å². The molecule has 1 unspecified atom stereocenters. The maximum Gasteiger partial charge on any atom is 0.318 e. The second kappa shape index (κ2) is 6.64. The molecule has 0 aromatic carbocycles. The van der Waals surface area contributed by atoms with Crippen molar-refractivity contribution in [3.05, 3.63) is 11.6 Å². The predicted octanol–water partition coefficient (Wildman–Crippen LogP) is 4.34. The van der Waals surface area contributed by atoms with Gasteiger partial charge in [-0.25, -0.2) is 4.79 Å². The van der Waals surface area contributed by atoms with Gasteiger partial charge in [0.15, 0.2) is 0 Å². The lowest BCUT2D eigenvalue weighted by Crippen LogP contribution is -2.53. The first-order valence-corrected chi connectivity index (χ1v) is 7.89. The number of nitrogens with zero attached hydrogens (tertiary/aromatic N) is 1. The van der Waals surface area contributed by atoms with E-state index in [1.54, 1.807) is 0 Å². The van der Waals surface area contributed by atoms with Crippen molar-refractivity contribution in [3.63, 3.8) is 0 Å². The van der Waals surface area contributed by atoms with Crippen LogP contribution in [0.5, 0.6) is 0 Å². The van der Waals surface area contributed by atoms with Crippen molar-refractivity contribution < 1.29 is 4.79 Å². The van der Waals surface area contributed by atoms with E-state index in [9.17, 15) is 4.79 Å². The van der Waals surface area contributed by atoms with Crippen molar-refractivity contribution in [3.8, 4) is 0 Å². The fraction of sp³-hybridized carbons (Fsp3) is 0.824. The Balaban J connectivity index is 2.78. The minimum absolute atomic E-state index is 0.0765. The topological polar surface area (TPSA) is 32.3 Å². The molecule has 0 saturated heterocycles. The third-order valence-electron chi connectivity index (χ3n) is 4.39. The molecular weight excluding hydrogens is 248 g/mol. The van der Waals surface area contributed by atoms with Crippen molar-refractivity contribution in [2.24, 2.45) is 5.41 Å². The van der Waals surface area contributed by atoms with Crippen molar-refractivity contribution in [2.45, 2.75) is 85.9 Å². The SMILES string of the molecule is CC1=CCC(C)(C)C(NC(=O)N(C(C)C)C(C)C)CC1. The Kier molecular flexibility index (Phi) is 5.67. The molecule has 0 heterocycles. The van der Waals surface area contributed by atoms with Gasteiger partial charge < -0.3 is 10.2 Å². The zero-order valence-electron chi connectivity index (χ0n) is 14.3. The van der Waals surface area contributed by atoms with Gasteiger partial charge in [0.05, 0.1) is 0 Å². The lowest BCUT2D eigenvalue weighted by atomic mass is 9.80. The number of amides is 2. The van der Waals surface area contributed by atoms with Crippen LogP contribution in [0.15, 0.2) is 11.6 Å². The van der Waals surface area contributed by atoms with Gasteiger partial charge in [0, 0.05) is 18.1 Å². The van der Waals surface area contributed by atoms with Gasteiger partial charge in [-0.2, -0.15) is 0 Å². The summed E-state index contributed by atoms with van der Waals surface area (Å²) in [5.41, 5.74) is 1.56. The summed E-state index contributed by atoms with van der Waals surface area (Å²) in [5, 5.41) is 3.29. The molecule has 1 rings (SSSR count). The van der Waals surface area contributed by atoms with Crippen LogP contribution in [0.1, 0.15) is 67.7 Å². The maximum atomic E-state index is 12.6. The zero-order chi connectivity index (χ0) is 15.5. The molecular formula is C17H32N2O. The van der Waals surface area contributed by atoms with Crippen LogP contribution in [-0.2, 0) is 0 Å². The van der Waals surface area contributed by atoms with E-state index in [0.29, 0.717) is 0 Å². The van der Waals surface area contributed by atoms with Gasteiger partial charge in [-0.3, -0.25) is 0 Å². The first-order chi connectivity index (χ1) is 9.15. The van der Waals surface area contributed by atoms with Crippen LogP contribution in [0.2, 0.25) is 0 Å². The number of carbonyl (C=O) groups excluding carboxylic acids is 1. The van der Waals surface area contributed by atoms with Gasteiger partial charge in [-0.05, 0) is 59.3 Å². The Morgan fingerprint density at radius 1 is 1.30 bits per heavy atom. The Morgan fingerprint density at radius 3 is 2.35 bits per heavy atom. The fourth-order valence-corrected chi connectivity index (χ4v) is 3.00. The molecule has 1 atom stereocenters. The van der Waals surface area contributed by atoms with Crippen molar-refractivity contribution >= 4 is 6.03 Å². The molecule has 2 amide bonds. The number of nitrogens with one attached hydrogen (secondary N) is 1. The summed E-state index contributed by atoms with van der Waals surface area (Å²) in [6.07, 6.45) is 5.48. The molecule has 0 aliphatic heterocycles. The molecule has 116 valence electrons. The Hall–Kier alpha value is -0.990. The van der Waals surface area contributed by atoms with Crippen molar-refractivity contribution in [1.29, 1.82) is 0 Å². The minimum Gasteiger partial charge on any atom is -0.335 e. The lowest BCUT2D eigenvalue weighted by molar-refractivity contribution is 0.147. The highest BCUT2D eigenvalue weighted by atomic mass is 16.2. The number of hydrogen-bond acceptors (Lipinski definition) is 1. The van der Waals surface area contributed by atoms with Gasteiger partial charge >= 0.3 is 6.03 Å². The first kappa shape index (κ1) is 17.1. The van der Waals surface area contributed by atoms with Gasteiger partial charge in [0.2, 0.25) is 0 Å². The molecule has 1 N–H and O–H groups in total. The van der Waals surface area contributed by atoms with E-state index in [1.165, 1.54) is 5.57 Å². The molecule has 0 bridgehead atoms. The highest BCUT2D eigenvalue weighted by molar-refractivity contribution is 5.75. The third-order valence-corrected chi connectivity index (χ3v) is 4.39. The summed E-state index contributed by atoms with van der Waals surface area (Å²) in [7, 11) is 0. The molecule has 1 aliphatic carbocycles. The molecule has 3 nitrogen and oxygen atoms in total. The van der Waals surface area contributed by atoms with Crippen molar-refractivity contribution in [1.82, 2.24) is 10.2 Å². The van der Waals surface area contributed by atoms with E-state index in [0.717, 1.165) is 19.3 Å². The molecule has 3 heteroatoms. The van der Waals surface area contributed by atoms with Crippen LogP contribution in [0.3, 0.4) is 0 Å². The van der Waals surface area contributed by atoms with Gasteiger partial charge in [0.25, 0.3) is 0 Å². The standard InChI is InChI=1S/C17H32N2O/c1-12(2)19(13(3)4)16(20)18-15-9-8-14(5)10-11-17(15,6)7/h10,12-13,15H,8-9,11H2,1-7H3,(H,18,20). The molecule has 0 radical (unpaired) electrons. The number of carbonyl (C=O) groups is 1. The lowest BCUT2D eigenvalue weighted by Gasteiger charge is -2.37. The number of hydrogen-bond donors (Lipinski definition) is 1. The molecule has 0 spiro atoms. The van der Waals surface area contributed by atoms with Gasteiger partial charge in [-0.1, -0.05) is 25.5 Å². The van der Waals surface area contributed by atoms with Gasteiger partial charge in [0.1, 0.15) is 0 Å². The summed E-state index contributed by atoms with van der Waals surface area (Å²) in [5.74, 6) is 0. The van der Waals surface area contributed by atoms with Crippen LogP contribution in [-0.4, -0.2) is 29.1 Å². The average Bonchev–Trinajstić information content (AvgIpc) is 2.41. The molecule has 0 saturated carbocycles. The highest BCUT2D eigenvalue weighted by Crippen LogP contribution is 2.33. The first-order valence-electron chi connectivity index (χ1n) is 7.89. The number of rotatable bonds is 3. The smallest absolute Gasteiger partial charge is 0.318 e. The highest BCUT2D eigenvalue weighted by Gasteiger charge is 2.33. The molecule has 0 fully saturated rings.